The summed E-state index contributed by atoms with van der Waals surface area (Å²) < 4.78 is 0. The molecule has 0 amide bonds. The molecule has 0 heteroatoms. The fraction of sp³-hybridized carbons (Fsp3) is 1.00. The summed E-state index contributed by atoms with van der Waals surface area (Å²) >= 11 is 0. The average Bonchev–Trinajstić information content (AvgIpc) is 2.53. The molecule has 152 valence electrons. The third kappa shape index (κ3) is 14.8. The minimum Gasteiger partial charge on any atom is -0.0651 e. The maximum Gasteiger partial charge on any atom is -0.0388 e. The van der Waals surface area contributed by atoms with Gasteiger partial charge < -0.3 is 0 Å². The Morgan fingerprint density at radius 3 is 1.44 bits per heavy atom. The number of rotatable bonds is 16. The first-order valence-corrected chi connectivity index (χ1v) is 11.8. The smallest absolute Gasteiger partial charge is 0.0388 e. The van der Waals surface area contributed by atoms with Gasteiger partial charge in [-0.15, -0.1) is 0 Å². The van der Waals surface area contributed by atoms with Crippen LogP contribution in [0.1, 0.15) is 126 Å². The van der Waals surface area contributed by atoms with Crippen LogP contribution in [0.3, 0.4) is 0 Å². The molecule has 0 aliphatic carbocycles. The lowest BCUT2D eigenvalue weighted by atomic mass is 9.79. The predicted molar refractivity (Wildman–Crippen MR) is 117 cm³/mol. The highest BCUT2D eigenvalue weighted by molar-refractivity contribution is 4.71. The van der Waals surface area contributed by atoms with Crippen LogP contribution < -0.4 is 0 Å². The molecule has 0 nitrogen and oxygen atoms in total. The molecule has 0 radical (unpaired) electrons. The lowest BCUT2D eigenvalue weighted by molar-refractivity contribution is 0.248. The summed E-state index contributed by atoms with van der Waals surface area (Å²) in [6, 6.07) is 0. The Balaban J connectivity index is 4.31. The summed E-state index contributed by atoms with van der Waals surface area (Å²) in [7, 11) is 0. The molecule has 0 bridgehead atoms. The summed E-state index contributed by atoms with van der Waals surface area (Å²) in [4.78, 5) is 0. The maximum absolute atomic E-state index is 2.55. The predicted octanol–water partition coefficient (Wildman–Crippen LogP) is 9.13. The van der Waals surface area contributed by atoms with Gasteiger partial charge in [0.05, 0.1) is 0 Å². The SMILES string of the molecule is CCC(C)CCC(CCC(C)CCCC(C)C)C(C)CCCC(C)C. The monoisotopic (exact) mass is 352 g/mol. The van der Waals surface area contributed by atoms with E-state index >= 15 is 0 Å². The molecular formula is C25H52. The Labute approximate surface area is 161 Å². The minimum atomic E-state index is 0.867. The van der Waals surface area contributed by atoms with Crippen LogP contribution in [0.2, 0.25) is 0 Å². The number of hydrogen-bond donors (Lipinski definition) is 0. The van der Waals surface area contributed by atoms with Crippen LogP contribution in [0.4, 0.5) is 0 Å². The van der Waals surface area contributed by atoms with Crippen LogP contribution in [0.25, 0.3) is 0 Å². The molecule has 0 rings (SSSR count). The van der Waals surface area contributed by atoms with Crippen LogP contribution in [0, 0.1) is 35.5 Å². The van der Waals surface area contributed by atoms with Crippen molar-refractivity contribution >= 4 is 0 Å². The normalized spacial score (nSPS) is 17.0. The number of hydrogen-bond acceptors (Lipinski definition) is 0. The summed E-state index contributed by atoms with van der Waals surface area (Å²) in [6.07, 6.45) is 15.8. The topological polar surface area (TPSA) is 0 Å². The molecular weight excluding hydrogens is 300 g/mol. The third-order valence-electron chi connectivity index (χ3n) is 6.48. The summed E-state index contributed by atoms with van der Waals surface area (Å²) in [5.41, 5.74) is 0. The van der Waals surface area contributed by atoms with E-state index in [-0.39, 0.29) is 0 Å². The van der Waals surface area contributed by atoms with Crippen molar-refractivity contribution in [3.8, 4) is 0 Å². The Morgan fingerprint density at radius 1 is 0.480 bits per heavy atom. The molecule has 4 atom stereocenters. The van der Waals surface area contributed by atoms with Gasteiger partial charge in [-0.05, 0) is 48.3 Å². The first-order chi connectivity index (χ1) is 11.8. The molecule has 0 spiro atoms. The standard InChI is InChI=1S/C25H52/c1-9-22(6)16-18-25(24(8)15-11-13-21(4)5)19-17-23(7)14-10-12-20(2)3/h20-25H,9-19H2,1-8H3. The van der Waals surface area contributed by atoms with Crippen LogP contribution in [-0.2, 0) is 0 Å². The largest absolute Gasteiger partial charge is 0.0651 e. The van der Waals surface area contributed by atoms with Gasteiger partial charge in [0.2, 0.25) is 0 Å². The van der Waals surface area contributed by atoms with Gasteiger partial charge in [0.25, 0.3) is 0 Å². The zero-order valence-corrected chi connectivity index (χ0v) is 19.2. The summed E-state index contributed by atoms with van der Waals surface area (Å²) in [5, 5.41) is 0. The van der Waals surface area contributed by atoms with E-state index in [1.165, 1.54) is 70.6 Å². The Bertz CT molecular complexity index is 278. The van der Waals surface area contributed by atoms with Crippen LogP contribution in [-0.4, -0.2) is 0 Å². The van der Waals surface area contributed by atoms with Crippen LogP contribution in [0.5, 0.6) is 0 Å². The molecule has 0 aliphatic heterocycles. The molecule has 0 aromatic rings. The molecule has 0 saturated heterocycles. The van der Waals surface area contributed by atoms with Crippen molar-refractivity contribution < 1.29 is 0 Å². The van der Waals surface area contributed by atoms with Gasteiger partial charge in [-0.3, -0.25) is 0 Å². The van der Waals surface area contributed by atoms with Gasteiger partial charge >= 0.3 is 0 Å². The highest BCUT2D eigenvalue weighted by Crippen LogP contribution is 2.31. The van der Waals surface area contributed by atoms with Crippen molar-refractivity contribution in [2.45, 2.75) is 126 Å². The van der Waals surface area contributed by atoms with Crippen LogP contribution >= 0.6 is 0 Å². The fourth-order valence-electron chi connectivity index (χ4n) is 4.02. The van der Waals surface area contributed by atoms with E-state index in [1.54, 1.807) is 0 Å². The lowest BCUT2D eigenvalue weighted by Crippen LogP contribution is -2.15. The second-order valence-electron chi connectivity index (χ2n) is 10.2. The maximum atomic E-state index is 2.55. The van der Waals surface area contributed by atoms with Crippen molar-refractivity contribution in [3.05, 3.63) is 0 Å². The first-order valence-electron chi connectivity index (χ1n) is 11.8. The van der Waals surface area contributed by atoms with Gasteiger partial charge in [0, 0.05) is 0 Å². The molecule has 0 fully saturated rings. The summed E-state index contributed by atoms with van der Waals surface area (Å²) in [5.74, 6) is 5.46. The van der Waals surface area contributed by atoms with E-state index in [2.05, 4.69) is 55.4 Å². The molecule has 0 heterocycles. The molecule has 0 aromatic carbocycles. The van der Waals surface area contributed by atoms with Crippen molar-refractivity contribution in [2.75, 3.05) is 0 Å². The van der Waals surface area contributed by atoms with E-state index in [9.17, 15) is 0 Å². The zero-order chi connectivity index (χ0) is 19.2. The Morgan fingerprint density at radius 2 is 0.960 bits per heavy atom. The van der Waals surface area contributed by atoms with Gasteiger partial charge in [0.1, 0.15) is 0 Å². The second kappa shape index (κ2) is 15.1. The van der Waals surface area contributed by atoms with E-state index in [0.29, 0.717) is 0 Å². The van der Waals surface area contributed by atoms with Crippen molar-refractivity contribution in [1.82, 2.24) is 0 Å². The average molecular weight is 353 g/mol. The highest BCUT2D eigenvalue weighted by Gasteiger charge is 2.19. The van der Waals surface area contributed by atoms with E-state index in [0.717, 1.165) is 35.5 Å². The van der Waals surface area contributed by atoms with Crippen molar-refractivity contribution in [3.63, 3.8) is 0 Å². The molecule has 25 heavy (non-hydrogen) atoms. The van der Waals surface area contributed by atoms with Gasteiger partial charge in [-0.2, -0.15) is 0 Å². The highest BCUT2D eigenvalue weighted by atomic mass is 14.2. The van der Waals surface area contributed by atoms with E-state index < -0.39 is 0 Å². The van der Waals surface area contributed by atoms with Crippen molar-refractivity contribution in [2.24, 2.45) is 35.5 Å². The van der Waals surface area contributed by atoms with Gasteiger partial charge in [-0.1, -0.05) is 113 Å². The molecule has 4 unspecified atom stereocenters. The summed E-state index contributed by atoms with van der Waals surface area (Å²) in [6.45, 7) is 19.3. The Hall–Kier alpha value is 0. The van der Waals surface area contributed by atoms with Crippen molar-refractivity contribution in [1.29, 1.82) is 0 Å². The van der Waals surface area contributed by atoms with E-state index in [4.69, 9.17) is 0 Å². The molecule has 0 aliphatic rings. The van der Waals surface area contributed by atoms with E-state index in [1.807, 2.05) is 0 Å². The third-order valence-corrected chi connectivity index (χ3v) is 6.48. The van der Waals surface area contributed by atoms with Gasteiger partial charge in [-0.25, -0.2) is 0 Å². The molecule has 0 aromatic heterocycles. The minimum absolute atomic E-state index is 0.867. The zero-order valence-electron chi connectivity index (χ0n) is 19.2. The van der Waals surface area contributed by atoms with Crippen LogP contribution in [0.15, 0.2) is 0 Å². The fourth-order valence-corrected chi connectivity index (χ4v) is 4.02. The molecule has 0 saturated carbocycles. The second-order valence-corrected chi connectivity index (χ2v) is 10.2. The Kier molecular flexibility index (Phi) is 15.1. The quantitative estimate of drug-likeness (QED) is 0.260. The lowest BCUT2D eigenvalue weighted by Gasteiger charge is -2.27. The first kappa shape index (κ1) is 25.0. The molecule has 0 N–H and O–H groups in total. The van der Waals surface area contributed by atoms with Gasteiger partial charge in [0.15, 0.2) is 0 Å².